The number of aromatic amines is 1. The third-order valence-corrected chi connectivity index (χ3v) is 5.58. The number of carbonyl (C=O) groups is 1. The van der Waals surface area contributed by atoms with Crippen LogP contribution in [-0.2, 0) is 6.54 Å². The first-order valence-corrected chi connectivity index (χ1v) is 9.97. The molecular weight excluding hydrogens is 374 g/mol. The predicted molar refractivity (Wildman–Crippen MR) is 113 cm³/mol. The first-order valence-electron chi connectivity index (χ1n) is 9.15. The lowest BCUT2D eigenvalue weighted by molar-refractivity contribution is 0.0864. The minimum absolute atomic E-state index is 0.306. The number of ether oxygens (including phenoxy) is 1. The molecule has 0 spiro atoms. The number of nitrogens with one attached hydrogen (secondary N) is 2. The molecule has 2 heterocycles. The zero-order chi connectivity index (χ0) is 20.3. The molecule has 0 fully saturated rings. The molecule has 0 atom stereocenters. The molecule has 3 rings (SSSR count). The maximum Gasteiger partial charge on any atom is 0.276 e. The number of nitrogens with zero attached hydrogens (tertiary/aromatic N) is 2. The van der Waals surface area contributed by atoms with Crippen molar-refractivity contribution in [2.45, 2.75) is 20.4 Å². The highest BCUT2D eigenvalue weighted by atomic mass is 32.1. The normalized spacial score (nSPS) is 11.1. The van der Waals surface area contributed by atoms with Gasteiger partial charge in [-0.05, 0) is 37.4 Å². The van der Waals surface area contributed by atoms with Crippen molar-refractivity contribution in [3.63, 3.8) is 0 Å². The fourth-order valence-electron chi connectivity index (χ4n) is 2.89. The van der Waals surface area contributed by atoms with Crippen molar-refractivity contribution in [1.82, 2.24) is 14.8 Å². The van der Waals surface area contributed by atoms with Gasteiger partial charge in [0.25, 0.3) is 5.91 Å². The molecule has 1 aromatic carbocycles. The van der Waals surface area contributed by atoms with Gasteiger partial charge in [-0.15, -0.1) is 11.3 Å². The number of guanidine groups is 1. The van der Waals surface area contributed by atoms with E-state index in [9.17, 15) is 4.79 Å². The van der Waals surface area contributed by atoms with Crippen LogP contribution in [0.25, 0.3) is 10.9 Å². The third-order valence-electron chi connectivity index (χ3n) is 4.64. The molecule has 148 valence electrons. The Kier molecular flexibility index (Phi) is 6.01. The lowest BCUT2D eigenvalue weighted by atomic mass is 10.2. The average Bonchev–Trinajstić information content (AvgIpc) is 3.32. The maximum absolute atomic E-state index is 12.4. The van der Waals surface area contributed by atoms with Gasteiger partial charge in [0.2, 0.25) is 0 Å². The molecule has 0 saturated heterocycles. The first-order chi connectivity index (χ1) is 13.4. The molecule has 0 radical (unpaired) electrons. The summed E-state index contributed by atoms with van der Waals surface area (Å²) in [5.74, 6) is -0.0232. The number of carbonyl (C=O) groups excluding carboxylic acids is 1. The van der Waals surface area contributed by atoms with Gasteiger partial charge in [0, 0.05) is 23.9 Å². The van der Waals surface area contributed by atoms with Gasteiger partial charge >= 0.3 is 0 Å². The molecule has 0 saturated carbocycles. The van der Waals surface area contributed by atoms with Crippen LogP contribution in [-0.4, -0.2) is 46.8 Å². The number of aromatic nitrogens is 1. The van der Waals surface area contributed by atoms with E-state index in [0.717, 1.165) is 40.5 Å². The highest BCUT2D eigenvalue weighted by Gasteiger charge is 2.18. The Hall–Kier alpha value is -2.84. The zero-order valence-corrected chi connectivity index (χ0v) is 17.1. The van der Waals surface area contributed by atoms with Crippen LogP contribution in [0.2, 0.25) is 0 Å². The van der Waals surface area contributed by atoms with Crippen LogP contribution in [0.5, 0.6) is 10.8 Å². The second-order valence-corrected chi connectivity index (χ2v) is 7.57. The Balaban J connectivity index is 1.83. The summed E-state index contributed by atoms with van der Waals surface area (Å²) in [4.78, 5) is 20.2. The molecule has 0 aliphatic heterocycles. The van der Waals surface area contributed by atoms with E-state index in [1.54, 1.807) is 17.4 Å². The van der Waals surface area contributed by atoms with Gasteiger partial charge in [-0.2, -0.15) is 0 Å². The van der Waals surface area contributed by atoms with Crippen molar-refractivity contribution in [2.75, 3.05) is 20.1 Å². The average molecular weight is 400 g/mol. The van der Waals surface area contributed by atoms with Crippen LogP contribution in [0.1, 0.15) is 29.2 Å². The Morgan fingerprint density at radius 1 is 1.25 bits per heavy atom. The smallest absolute Gasteiger partial charge is 0.276 e. The van der Waals surface area contributed by atoms with E-state index in [0.29, 0.717) is 11.4 Å². The van der Waals surface area contributed by atoms with Gasteiger partial charge in [0.1, 0.15) is 5.69 Å². The van der Waals surface area contributed by atoms with Gasteiger partial charge in [0.05, 0.1) is 5.52 Å². The van der Waals surface area contributed by atoms with Gasteiger partial charge in [-0.25, -0.2) is 0 Å². The van der Waals surface area contributed by atoms with Crippen LogP contribution in [0.3, 0.4) is 0 Å². The fourth-order valence-corrected chi connectivity index (χ4v) is 3.80. The summed E-state index contributed by atoms with van der Waals surface area (Å²) in [6, 6.07) is 11.5. The van der Waals surface area contributed by atoms with Crippen LogP contribution in [0.15, 0.2) is 36.4 Å². The van der Waals surface area contributed by atoms with E-state index in [4.69, 9.17) is 15.9 Å². The van der Waals surface area contributed by atoms with E-state index in [-0.39, 0.29) is 11.9 Å². The molecule has 28 heavy (non-hydrogen) atoms. The quantitative estimate of drug-likeness (QED) is 0.415. The number of H-pyrrole nitrogens is 1. The summed E-state index contributed by atoms with van der Waals surface area (Å²) in [6.07, 6.45) is 0. The second kappa shape index (κ2) is 8.45. The summed E-state index contributed by atoms with van der Waals surface area (Å²) in [6.45, 7) is 7.24. The number of hydrogen-bond donors (Lipinski definition) is 3. The summed E-state index contributed by atoms with van der Waals surface area (Å²) in [7, 11) is 1.47. The molecular formula is C20H25N5O2S. The van der Waals surface area contributed by atoms with E-state index in [1.165, 1.54) is 11.9 Å². The predicted octanol–water partition coefficient (Wildman–Crippen LogP) is 3.83. The number of fused-ring (bicyclic) bond motifs is 1. The summed E-state index contributed by atoms with van der Waals surface area (Å²) in [5, 5.41) is 9.09. The Labute approximate surface area is 168 Å². The summed E-state index contributed by atoms with van der Waals surface area (Å²) >= 11 is 1.62. The number of benzene rings is 1. The molecule has 0 aliphatic rings. The van der Waals surface area contributed by atoms with Crippen molar-refractivity contribution in [3.05, 3.63) is 47.0 Å². The van der Waals surface area contributed by atoms with Gasteiger partial charge in [-0.3, -0.25) is 20.0 Å². The van der Waals surface area contributed by atoms with Crippen molar-refractivity contribution in [3.8, 4) is 10.8 Å². The number of hydrogen-bond acceptors (Lipinski definition) is 5. The molecule has 0 bridgehead atoms. The standard InChI is InChI=1S/C20H25N5O2S/c1-4-25(5-2)12-14-9-10-17(28-14)27-16-8-6-7-13-11-15(23-18(13)16)19(26)24(3)20(21)22/h6-11,23H,4-5,12H2,1-3H3,(H3,21,22). The van der Waals surface area contributed by atoms with E-state index in [1.807, 2.05) is 24.3 Å². The number of nitrogens with two attached hydrogens (primary N) is 1. The molecule has 0 aliphatic carbocycles. The highest BCUT2D eigenvalue weighted by Crippen LogP contribution is 2.34. The number of amides is 1. The van der Waals surface area contributed by atoms with Crippen LogP contribution < -0.4 is 10.5 Å². The monoisotopic (exact) mass is 399 g/mol. The van der Waals surface area contributed by atoms with Crippen molar-refractivity contribution in [1.29, 1.82) is 5.41 Å². The van der Waals surface area contributed by atoms with Crippen molar-refractivity contribution in [2.24, 2.45) is 5.73 Å². The minimum atomic E-state index is -0.368. The van der Waals surface area contributed by atoms with Gasteiger partial charge in [-0.1, -0.05) is 26.0 Å². The lowest BCUT2D eigenvalue weighted by Crippen LogP contribution is -2.38. The van der Waals surface area contributed by atoms with Crippen molar-refractivity contribution < 1.29 is 9.53 Å². The third kappa shape index (κ3) is 4.18. The Bertz CT molecular complexity index is 990. The van der Waals surface area contributed by atoms with E-state index in [2.05, 4.69) is 29.8 Å². The molecule has 0 unspecified atom stereocenters. The van der Waals surface area contributed by atoms with E-state index < -0.39 is 0 Å². The fraction of sp³-hybridized carbons (Fsp3) is 0.300. The summed E-state index contributed by atoms with van der Waals surface area (Å²) in [5.41, 5.74) is 6.50. The zero-order valence-electron chi connectivity index (χ0n) is 16.3. The van der Waals surface area contributed by atoms with Crippen molar-refractivity contribution >= 4 is 34.1 Å². The molecule has 7 nitrogen and oxygen atoms in total. The Morgan fingerprint density at radius 3 is 2.68 bits per heavy atom. The Morgan fingerprint density at radius 2 is 2.00 bits per heavy atom. The largest absolute Gasteiger partial charge is 0.444 e. The maximum atomic E-state index is 12.4. The van der Waals surface area contributed by atoms with Crippen LogP contribution in [0, 0.1) is 5.41 Å². The number of para-hydroxylation sites is 1. The highest BCUT2D eigenvalue weighted by molar-refractivity contribution is 7.13. The van der Waals surface area contributed by atoms with Gasteiger partial charge in [0.15, 0.2) is 16.8 Å². The summed E-state index contributed by atoms with van der Waals surface area (Å²) < 4.78 is 6.10. The lowest BCUT2D eigenvalue weighted by Gasteiger charge is -2.16. The molecule has 1 amide bonds. The van der Waals surface area contributed by atoms with Crippen LogP contribution in [0.4, 0.5) is 0 Å². The molecule has 2 aromatic heterocycles. The first kappa shape index (κ1) is 19.9. The van der Waals surface area contributed by atoms with Gasteiger partial charge < -0.3 is 15.5 Å². The SMILES string of the molecule is CCN(CC)Cc1ccc(Oc2cccc3cc(C(=O)N(C)C(=N)N)[nH]c23)s1. The van der Waals surface area contributed by atoms with E-state index >= 15 is 0 Å². The topological polar surface area (TPSA) is 98.4 Å². The second-order valence-electron chi connectivity index (χ2n) is 6.44. The minimum Gasteiger partial charge on any atom is -0.444 e. The number of thiophene rings is 1. The molecule has 4 N–H and O–H groups in total. The number of rotatable bonds is 7. The molecule has 3 aromatic rings. The molecule has 8 heteroatoms. The van der Waals surface area contributed by atoms with Crippen LogP contribution >= 0.6 is 11.3 Å².